The number of hydrogen-bond donors (Lipinski definition) is 3. The Hall–Kier alpha value is -8.44. The summed E-state index contributed by atoms with van der Waals surface area (Å²) in [5.41, 5.74) is -0.181. The van der Waals surface area contributed by atoms with Crippen molar-refractivity contribution in [3.8, 4) is 35.3 Å². The highest BCUT2D eigenvalue weighted by molar-refractivity contribution is 9.10. The van der Waals surface area contributed by atoms with E-state index < -0.39 is 28.3 Å². The van der Waals surface area contributed by atoms with Crippen LogP contribution in [0, 0.1) is 46.5 Å². The molecule has 0 radical (unpaired) electrons. The van der Waals surface area contributed by atoms with E-state index in [-0.39, 0.29) is 44.1 Å². The Balaban J connectivity index is 0. The summed E-state index contributed by atoms with van der Waals surface area (Å²) in [7, 11) is 8.19. The maximum absolute atomic E-state index is 11.4. The lowest BCUT2D eigenvalue weighted by atomic mass is 9.80. The predicted molar refractivity (Wildman–Crippen MR) is 265 cm³/mol. The number of methoxy groups -OCH3 is 6. The van der Waals surface area contributed by atoms with E-state index in [4.69, 9.17) is 58.9 Å². The van der Waals surface area contributed by atoms with Gasteiger partial charge < -0.3 is 74.4 Å². The lowest BCUT2D eigenvalue weighted by Crippen LogP contribution is -2.41. The van der Waals surface area contributed by atoms with Gasteiger partial charge in [0, 0.05) is 47.2 Å². The quantitative estimate of drug-likeness (QED) is 0.0471. The van der Waals surface area contributed by atoms with Crippen LogP contribution in [0.5, 0.6) is 35.3 Å². The van der Waals surface area contributed by atoms with Crippen molar-refractivity contribution >= 4 is 34.2 Å². The topological polar surface area (TPSA) is 350 Å². The minimum atomic E-state index is -1.50. The molecule has 0 atom stereocenters. The summed E-state index contributed by atoms with van der Waals surface area (Å²) in [6.07, 6.45) is 8.22. The number of hydrogen-bond acceptors (Lipinski definition) is 19. The van der Waals surface area contributed by atoms with Crippen molar-refractivity contribution < 1.29 is 77.1 Å². The maximum Gasteiger partial charge on any atom is 0.495 e. The fraction of sp³-hybridized carbons (Fsp3) is 0.318. The summed E-state index contributed by atoms with van der Waals surface area (Å²) in [4.78, 5) is 21.9. The molecule has 7 rings (SSSR count). The molecular formula is C44H61BBrN9O18. The van der Waals surface area contributed by atoms with Crippen molar-refractivity contribution in [2.45, 2.75) is 53.8 Å². The van der Waals surface area contributed by atoms with E-state index >= 15 is 0 Å². The van der Waals surface area contributed by atoms with Crippen LogP contribution >= 0.6 is 15.9 Å². The van der Waals surface area contributed by atoms with Gasteiger partial charge in [-0.3, -0.25) is 10.1 Å². The first-order valence-electron chi connectivity index (χ1n) is 19.9. The monoisotopic (exact) mass is 1090 g/mol. The average Bonchev–Trinajstić information content (AvgIpc) is 3.57. The Bertz CT molecular complexity index is 2620. The molecule has 27 nitrogen and oxygen atoms in total. The summed E-state index contributed by atoms with van der Waals surface area (Å²) in [6, 6.07) is 22.1. The lowest BCUT2D eigenvalue weighted by Gasteiger charge is -2.32. The first-order valence-corrected chi connectivity index (χ1v) is 20.7. The number of rotatable bonds is 8. The summed E-state index contributed by atoms with van der Waals surface area (Å²) >= 11 is 3.20. The van der Waals surface area contributed by atoms with Crippen LogP contribution in [0.1, 0.15) is 42.5 Å². The maximum atomic E-state index is 11.4. The molecule has 0 bridgehead atoms. The molecule has 29 heteroatoms. The minimum Gasteiger partial charge on any atom is -0.616 e. The van der Waals surface area contributed by atoms with Crippen LogP contribution in [0.25, 0.3) is 0 Å². The molecule has 0 aromatic carbocycles. The van der Waals surface area contributed by atoms with Crippen LogP contribution in [-0.2, 0) is 9.31 Å². The van der Waals surface area contributed by atoms with Crippen LogP contribution in [0.2, 0.25) is 0 Å². The third-order valence-corrected chi connectivity index (χ3v) is 9.44. The summed E-state index contributed by atoms with van der Waals surface area (Å²) in [5, 5.41) is 83.8. The molecule has 73 heavy (non-hydrogen) atoms. The van der Waals surface area contributed by atoms with Crippen molar-refractivity contribution in [3.63, 3.8) is 0 Å². The number of ether oxygens (including phenoxy) is 6. The van der Waals surface area contributed by atoms with Gasteiger partial charge >= 0.3 is 30.6 Å². The highest BCUT2D eigenvalue weighted by atomic mass is 79.9. The van der Waals surface area contributed by atoms with Crippen LogP contribution in [0.4, 0.5) is 5.69 Å². The van der Waals surface area contributed by atoms with Gasteiger partial charge in [0.05, 0.1) is 88.4 Å². The second-order valence-electron chi connectivity index (χ2n) is 14.1. The van der Waals surface area contributed by atoms with Crippen molar-refractivity contribution in [1.29, 1.82) is 5.41 Å². The molecule has 3 N–H and O–H groups in total. The molecule has 0 amide bonds. The first-order chi connectivity index (χ1) is 33.4. The molecule has 1 aliphatic heterocycles. The van der Waals surface area contributed by atoms with Gasteiger partial charge in [-0.05, 0) is 51.4 Å². The molecule has 0 aliphatic carbocycles. The molecule has 0 unspecified atom stereocenters. The van der Waals surface area contributed by atoms with Crippen molar-refractivity contribution in [3.05, 3.63) is 173 Å². The molecule has 6 aromatic heterocycles. The van der Waals surface area contributed by atoms with Crippen molar-refractivity contribution in [2.75, 3.05) is 42.7 Å². The molecule has 0 spiro atoms. The van der Waals surface area contributed by atoms with Gasteiger partial charge in [0.2, 0.25) is 11.8 Å². The molecule has 6 aromatic rings. The van der Waals surface area contributed by atoms with E-state index in [2.05, 4.69) is 25.7 Å². The highest BCUT2D eigenvalue weighted by Gasteiger charge is 2.52. The fourth-order valence-electron chi connectivity index (χ4n) is 4.73. The Kier molecular flexibility index (Phi) is 30.3. The summed E-state index contributed by atoms with van der Waals surface area (Å²) in [5.74, 6) is 1.65. The third-order valence-electron chi connectivity index (χ3n) is 8.94. The number of nitro groups is 1. The average molecular weight is 1090 g/mol. The summed E-state index contributed by atoms with van der Waals surface area (Å²) in [6.45, 7) is 7.95. The van der Waals surface area contributed by atoms with Crippen LogP contribution in [-0.4, -0.2) is 91.1 Å². The summed E-state index contributed by atoms with van der Waals surface area (Å²) < 4.78 is 44.4. The lowest BCUT2D eigenvalue weighted by molar-refractivity contribution is -0.742. The Morgan fingerprint density at radius 3 is 1.55 bits per heavy atom. The number of nitrogens with one attached hydrogen (secondary N) is 1. The Morgan fingerprint density at radius 2 is 1.14 bits per heavy atom. The van der Waals surface area contributed by atoms with E-state index in [0.717, 1.165) is 33.0 Å². The van der Waals surface area contributed by atoms with Gasteiger partial charge in [0.25, 0.3) is 10.8 Å². The standard InChI is InChI=1S/C12H18BNO4.C6H6BrNO2.C6H6N2O4.C6H8N2O2.C6H7NO2.C6H7NO.2CH4.HNO3/c1-11(2)12(3,4)18-13(17-11)9-6-7-14(15)10(8-9)16-5;1-10-6-4-5(7)2-3-8(6)9;1-12-6-4-5(8(10)11)2-3-7(6)9;1-10-6-4-5(7)2-3-8(6)9;1-9-6-4-2-3-5-7(6)8;1-8-6-4-2-3-5-7-6;;;2-1(3)4/h6-8H,1-5H3;2-4H,1H3;2-4H,1H3;2-4,7,9H,1H3;2-5H,1H3;2-5H,1H3;2*1H4;(H,2,3,4). The molecule has 1 aliphatic rings. The molecule has 400 valence electrons. The van der Waals surface area contributed by atoms with Gasteiger partial charge in [-0.1, -0.05) is 36.8 Å². The van der Waals surface area contributed by atoms with Gasteiger partial charge in [-0.2, -0.15) is 4.73 Å². The largest absolute Gasteiger partial charge is 0.616 e. The Labute approximate surface area is 429 Å². The number of halogens is 1. The molecule has 0 saturated carbocycles. The van der Waals surface area contributed by atoms with E-state index in [1.165, 1.54) is 72.5 Å². The third kappa shape index (κ3) is 23.4. The number of aromatic nitrogens is 6. The SMILES string of the molecule is C.C.COc1cc(=N)ccn1O.COc1cc(B2OC(C)(C)C(C)(C)O2)cc[n+]1[O-].COc1cc(Br)cc[n+]1[O-].COc1cc([N+](=O)[O-])cc[n+]1[O-].COc1cccc[n+]1[O-].COc1ccccn1.O=[N+]([O-])O. The smallest absolute Gasteiger partial charge is 0.495 e. The van der Waals surface area contributed by atoms with Gasteiger partial charge in [-0.15, -0.1) is 29.0 Å². The molecule has 1 saturated heterocycles. The van der Waals surface area contributed by atoms with E-state index in [9.17, 15) is 30.9 Å². The highest BCUT2D eigenvalue weighted by Crippen LogP contribution is 2.36. The zero-order valence-electron chi connectivity index (χ0n) is 40.0. The van der Waals surface area contributed by atoms with Crippen molar-refractivity contribution in [2.24, 2.45) is 0 Å². The molecular weight excluding hydrogens is 1030 g/mol. The zero-order chi connectivity index (χ0) is 53.9. The van der Waals surface area contributed by atoms with Crippen LogP contribution < -0.4 is 58.2 Å². The number of nitrogens with zero attached hydrogens (tertiary/aromatic N) is 8. The second kappa shape index (κ2) is 33.2. The van der Waals surface area contributed by atoms with Gasteiger partial charge in [-0.25, -0.2) is 4.98 Å². The van der Waals surface area contributed by atoms with E-state index in [1.807, 2.05) is 39.8 Å². The molecule has 1 fully saturated rings. The van der Waals surface area contributed by atoms with Gasteiger partial charge in [0.1, 0.15) is 6.07 Å². The fourth-order valence-corrected chi connectivity index (χ4v) is 5.04. The van der Waals surface area contributed by atoms with Crippen LogP contribution in [0.3, 0.4) is 0 Å². The van der Waals surface area contributed by atoms with Crippen LogP contribution in [0.15, 0.2) is 127 Å². The zero-order valence-corrected chi connectivity index (χ0v) is 41.6. The van der Waals surface area contributed by atoms with Gasteiger partial charge in [0.15, 0.2) is 24.8 Å². The normalized spacial score (nSPS) is 11.7. The minimum absolute atomic E-state index is 0. The van der Waals surface area contributed by atoms with E-state index in [0.29, 0.717) is 36.0 Å². The first kappa shape index (κ1) is 66.6. The molecule has 7 heterocycles. The Morgan fingerprint density at radius 1 is 0.658 bits per heavy atom. The second-order valence-corrected chi connectivity index (χ2v) is 15.0. The predicted octanol–water partition coefficient (Wildman–Crippen LogP) is 4.51. The number of pyridine rings is 6. The van der Waals surface area contributed by atoms with Crippen molar-refractivity contribution in [1.82, 2.24) is 9.71 Å². The van der Waals surface area contributed by atoms with E-state index in [1.54, 1.807) is 61.8 Å².